The van der Waals surface area contributed by atoms with Crippen LogP contribution in [0.5, 0.6) is 0 Å². The fraction of sp³-hybridized carbons (Fsp3) is 0.538. The summed E-state index contributed by atoms with van der Waals surface area (Å²) in [5.74, 6) is -1.16. The van der Waals surface area contributed by atoms with E-state index in [0.29, 0.717) is 19.4 Å². The average molecular weight is 295 g/mol. The minimum atomic E-state index is -0.754. The second-order valence-electron chi connectivity index (χ2n) is 5.29. The third-order valence-electron chi connectivity index (χ3n) is 3.87. The van der Waals surface area contributed by atoms with Crippen LogP contribution in [0, 0.1) is 22.0 Å². The van der Waals surface area contributed by atoms with Crippen LogP contribution in [-0.2, 0) is 4.79 Å². The molecule has 1 aromatic rings. The predicted molar refractivity (Wildman–Crippen MR) is 72.9 cm³/mol. The number of carbonyl (C=O) groups excluding carboxylic acids is 1. The van der Waals surface area contributed by atoms with Crippen molar-refractivity contribution in [3.8, 4) is 0 Å². The zero-order chi connectivity index (χ0) is 15.4. The van der Waals surface area contributed by atoms with E-state index in [4.69, 9.17) is 5.11 Å². The van der Waals surface area contributed by atoms with Crippen LogP contribution >= 0.6 is 0 Å². The molecule has 8 heteroatoms. The summed E-state index contributed by atoms with van der Waals surface area (Å²) in [5.41, 5.74) is 0.00281. The Morgan fingerprint density at radius 3 is 2.57 bits per heavy atom. The summed E-state index contributed by atoms with van der Waals surface area (Å²) < 4.78 is 0. The highest BCUT2D eigenvalue weighted by atomic mass is 16.6. The molecule has 2 rings (SSSR count). The molecule has 0 spiro atoms. The summed E-state index contributed by atoms with van der Waals surface area (Å²) in [5, 5.41) is 22.2. The Labute approximate surface area is 120 Å². The van der Waals surface area contributed by atoms with Crippen molar-refractivity contribution >= 4 is 17.6 Å². The zero-order valence-corrected chi connectivity index (χ0v) is 11.4. The maximum Gasteiger partial charge on any atom is 0.306 e. The second kappa shape index (κ2) is 6.38. The van der Waals surface area contributed by atoms with Crippen molar-refractivity contribution in [1.82, 2.24) is 10.3 Å². The van der Waals surface area contributed by atoms with Gasteiger partial charge in [0, 0.05) is 12.6 Å². The highest BCUT2D eigenvalue weighted by Crippen LogP contribution is 2.28. The lowest BCUT2D eigenvalue weighted by atomic mass is 9.82. The maximum atomic E-state index is 11.8. The van der Waals surface area contributed by atoms with E-state index in [1.807, 2.05) is 0 Å². The molecule has 1 aromatic heterocycles. The summed E-state index contributed by atoms with van der Waals surface area (Å²) in [4.78, 5) is 35.2. The average Bonchev–Trinajstić information content (AvgIpc) is 2.95. The molecule has 0 bridgehead atoms. The van der Waals surface area contributed by atoms with E-state index in [-0.39, 0.29) is 29.1 Å². The smallest absolute Gasteiger partial charge is 0.306 e. The van der Waals surface area contributed by atoms with Gasteiger partial charge in [-0.05, 0) is 31.6 Å². The number of nitrogens with one attached hydrogen (secondary N) is 2. The molecule has 1 amide bonds. The van der Waals surface area contributed by atoms with E-state index in [9.17, 15) is 19.7 Å². The number of H-pyrrole nitrogens is 1. The molecular weight excluding hydrogens is 278 g/mol. The number of rotatable bonds is 5. The van der Waals surface area contributed by atoms with Crippen molar-refractivity contribution in [3.05, 3.63) is 28.1 Å². The third kappa shape index (κ3) is 3.80. The number of aliphatic carboxylic acids is 1. The quantitative estimate of drug-likeness (QED) is 0.561. The molecule has 0 aliphatic heterocycles. The number of amides is 1. The van der Waals surface area contributed by atoms with E-state index >= 15 is 0 Å². The molecule has 0 atom stereocenters. The van der Waals surface area contributed by atoms with Crippen LogP contribution in [0.25, 0.3) is 0 Å². The SMILES string of the molecule is O=C(NCC1CCC(C(=O)O)CC1)c1cc([N+](=O)[O-])c[nH]1. The van der Waals surface area contributed by atoms with Gasteiger partial charge in [0.2, 0.25) is 0 Å². The largest absolute Gasteiger partial charge is 0.481 e. The van der Waals surface area contributed by atoms with E-state index < -0.39 is 10.9 Å². The van der Waals surface area contributed by atoms with Gasteiger partial charge in [0.05, 0.1) is 17.0 Å². The number of carbonyl (C=O) groups is 2. The van der Waals surface area contributed by atoms with Crippen molar-refractivity contribution in [2.45, 2.75) is 25.7 Å². The molecule has 3 N–H and O–H groups in total. The molecule has 114 valence electrons. The Balaban J connectivity index is 1.79. The molecule has 0 unspecified atom stereocenters. The van der Waals surface area contributed by atoms with Gasteiger partial charge < -0.3 is 15.4 Å². The van der Waals surface area contributed by atoms with E-state index in [1.54, 1.807) is 0 Å². The first kappa shape index (κ1) is 15.0. The van der Waals surface area contributed by atoms with Crippen molar-refractivity contribution < 1.29 is 19.6 Å². The summed E-state index contributed by atoms with van der Waals surface area (Å²) in [6.07, 6.45) is 3.96. The van der Waals surface area contributed by atoms with Gasteiger partial charge in [-0.15, -0.1) is 0 Å². The predicted octanol–water partition coefficient (Wildman–Crippen LogP) is 1.54. The highest BCUT2D eigenvalue weighted by Gasteiger charge is 2.26. The van der Waals surface area contributed by atoms with Crippen molar-refractivity contribution in [3.63, 3.8) is 0 Å². The molecule has 1 aliphatic rings. The van der Waals surface area contributed by atoms with Crippen LogP contribution in [0.15, 0.2) is 12.3 Å². The Kier molecular flexibility index (Phi) is 4.56. The van der Waals surface area contributed by atoms with Crippen LogP contribution in [0.1, 0.15) is 36.2 Å². The van der Waals surface area contributed by atoms with Crippen LogP contribution in [-0.4, -0.2) is 33.4 Å². The Bertz CT molecular complexity index is 546. The second-order valence-corrected chi connectivity index (χ2v) is 5.29. The molecule has 1 aliphatic carbocycles. The van der Waals surface area contributed by atoms with Crippen LogP contribution in [0.4, 0.5) is 5.69 Å². The fourth-order valence-corrected chi connectivity index (χ4v) is 2.57. The van der Waals surface area contributed by atoms with Gasteiger partial charge in [0.15, 0.2) is 0 Å². The minimum absolute atomic E-state index is 0.151. The molecule has 1 saturated carbocycles. The van der Waals surface area contributed by atoms with Gasteiger partial charge >= 0.3 is 5.97 Å². The van der Waals surface area contributed by atoms with Crippen LogP contribution < -0.4 is 5.32 Å². The lowest BCUT2D eigenvalue weighted by molar-refractivity contribution is -0.384. The molecule has 0 saturated heterocycles. The Morgan fingerprint density at radius 1 is 1.38 bits per heavy atom. The lowest BCUT2D eigenvalue weighted by Gasteiger charge is -2.26. The standard InChI is InChI=1S/C13H17N3O5/c17-12(11-5-10(7-14-11)16(20)21)15-6-8-1-3-9(4-2-8)13(18)19/h5,7-9,14H,1-4,6H2,(H,15,17)(H,18,19). The summed E-state index contributed by atoms with van der Waals surface area (Å²) in [6.45, 7) is 0.456. The monoisotopic (exact) mass is 295 g/mol. The van der Waals surface area contributed by atoms with Gasteiger partial charge in [-0.3, -0.25) is 19.7 Å². The number of carboxylic acid groups (broad SMARTS) is 1. The zero-order valence-electron chi connectivity index (χ0n) is 11.4. The van der Waals surface area contributed by atoms with Gasteiger partial charge in [-0.2, -0.15) is 0 Å². The first-order valence-corrected chi connectivity index (χ1v) is 6.81. The lowest BCUT2D eigenvalue weighted by Crippen LogP contribution is -2.32. The molecule has 8 nitrogen and oxygen atoms in total. The van der Waals surface area contributed by atoms with Crippen LogP contribution in [0.2, 0.25) is 0 Å². The molecule has 0 aromatic carbocycles. The fourth-order valence-electron chi connectivity index (χ4n) is 2.57. The molecule has 1 heterocycles. The normalized spacial score (nSPS) is 21.7. The number of nitro groups is 1. The van der Waals surface area contributed by atoms with Crippen molar-refractivity contribution in [2.24, 2.45) is 11.8 Å². The molecule has 21 heavy (non-hydrogen) atoms. The number of carboxylic acids is 1. The summed E-state index contributed by atoms with van der Waals surface area (Å²) in [7, 11) is 0. The van der Waals surface area contributed by atoms with Crippen LogP contribution in [0.3, 0.4) is 0 Å². The number of hydrogen-bond acceptors (Lipinski definition) is 4. The van der Waals surface area contributed by atoms with E-state index in [0.717, 1.165) is 12.8 Å². The topological polar surface area (TPSA) is 125 Å². The summed E-state index contributed by atoms with van der Waals surface area (Å²) >= 11 is 0. The maximum absolute atomic E-state index is 11.8. The molecule has 1 fully saturated rings. The van der Waals surface area contributed by atoms with Crippen molar-refractivity contribution in [1.29, 1.82) is 0 Å². The first-order valence-electron chi connectivity index (χ1n) is 6.81. The number of aromatic nitrogens is 1. The Morgan fingerprint density at radius 2 is 2.05 bits per heavy atom. The van der Waals surface area contributed by atoms with Gasteiger partial charge in [-0.1, -0.05) is 0 Å². The Hall–Kier alpha value is -2.38. The highest BCUT2D eigenvalue weighted by molar-refractivity contribution is 5.93. The van der Waals surface area contributed by atoms with Gasteiger partial charge in [0.1, 0.15) is 5.69 Å². The van der Waals surface area contributed by atoms with E-state index in [1.165, 1.54) is 12.3 Å². The number of aromatic amines is 1. The third-order valence-corrected chi connectivity index (χ3v) is 3.87. The molecular formula is C13H17N3O5. The molecule has 0 radical (unpaired) electrons. The summed E-state index contributed by atoms with van der Waals surface area (Å²) in [6, 6.07) is 1.19. The van der Waals surface area contributed by atoms with Crippen molar-refractivity contribution in [2.75, 3.05) is 6.54 Å². The first-order chi connectivity index (χ1) is 9.97. The number of hydrogen-bond donors (Lipinski definition) is 3. The number of nitrogens with zero attached hydrogens (tertiary/aromatic N) is 1. The van der Waals surface area contributed by atoms with E-state index in [2.05, 4.69) is 10.3 Å². The van der Waals surface area contributed by atoms with Gasteiger partial charge in [0.25, 0.3) is 11.6 Å². The van der Waals surface area contributed by atoms with Gasteiger partial charge in [-0.25, -0.2) is 0 Å². The minimum Gasteiger partial charge on any atom is -0.481 e.